The van der Waals surface area contributed by atoms with E-state index in [0.29, 0.717) is 24.7 Å². The van der Waals surface area contributed by atoms with Crippen molar-refractivity contribution in [3.8, 4) is 5.75 Å². The van der Waals surface area contributed by atoms with Crippen LogP contribution >= 0.6 is 0 Å². The standard InChI is InChI=1S/C27H30N4O5/c1-35-21-9-10-22-23(28-31(20-7-8-20)24(22)15-21)16-29-13-11-27(12-14-29)17-30(26(34)36-27)19-4-2-3-18(5-6-19)25(32)33/h3-6,9-10,15,20H,2,7-8,11-14,16-17H2,1H3,(H,32,33). The molecule has 9 heteroatoms. The van der Waals surface area contributed by atoms with Gasteiger partial charge in [0.05, 0.1) is 36.5 Å². The van der Waals surface area contributed by atoms with Gasteiger partial charge in [-0.2, -0.15) is 5.10 Å². The number of rotatable bonds is 6. The second kappa shape index (κ2) is 8.81. The molecule has 1 aromatic carbocycles. The van der Waals surface area contributed by atoms with Crippen LogP contribution in [0.2, 0.25) is 0 Å². The number of fused-ring (bicyclic) bond motifs is 1. The highest BCUT2D eigenvalue weighted by molar-refractivity contribution is 5.90. The Labute approximate surface area is 209 Å². The molecular weight excluding hydrogens is 460 g/mol. The third-order valence-electron chi connectivity index (χ3n) is 7.65. The van der Waals surface area contributed by atoms with E-state index in [0.717, 1.165) is 49.4 Å². The molecule has 1 saturated carbocycles. The van der Waals surface area contributed by atoms with Gasteiger partial charge in [0.15, 0.2) is 0 Å². The Bertz CT molecular complexity index is 1310. The van der Waals surface area contributed by atoms with Crippen molar-refractivity contribution in [2.24, 2.45) is 0 Å². The molecule has 0 radical (unpaired) electrons. The average Bonchev–Trinajstić information content (AvgIpc) is 3.64. The van der Waals surface area contributed by atoms with Gasteiger partial charge in [0.2, 0.25) is 0 Å². The van der Waals surface area contributed by atoms with E-state index < -0.39 is 11.6 Å². The third-order valence-corrected chi connectivity index (χ3v) is 7.65. The zero-order chi connectivity index (χ0) is 24.9. The highest BCUT2D eigenvalue weighted by Crippen LogP contribution is 2.39. The van der Waals surface area contributed by atoms with Gasteiger partial charge in [-0.25, -0.2) is 9.59 Å². The molecule has 2 aliphatic carbocycles. The Hall–Kier alpha value is -3.59. The molecule has 4 aliphatic rings. The lowest BCUT2D eigenvalue weighted by atomic mass is 9.91. The van der Waals surface area contributed by atoms with E-state index in [1.165, 1.54) is 18.2 Å². The summed E-state index contributed by atoms with van der Waals surface area (Å²) < 4.78 is 13.5. The first-order valence-corrected chi connectivity index (χ1v) is 12.5. The van der Waals surface area contributed by atoms with Crippen LogP contribution in [0.15, 0.2) is 53.8 Å². The molecule has 9 nitrogen and oxygen atoms in total. The molecule has 2 aliphatic heterocycles. The maximum atomic E-state index is 12.8. The van der Waals surface area contributed by atoms with E-state index >= 15 is 0 Å². The summed E-state index contributed by atoms with van der Waals surface area (Å²) in [7, 11) is 1.69. The molecule has 1 aromatic heterocycles. The number of hydrogen-bond acceptors (Lipinski definition) is 6. The number of carbonyl (C=O) groups is 2. The van der Waals surface area contributed by atoms with Gasteiger partial charge >= 0.3 is 12.1 Å². The SMILES string of the molecule is COc1ccc2c(CN3CCC4(CC3)CN(C3=CCC=C(C(=O)O)C=C3)C(=O)O4)nn(C3CC3)c2c1. The summed E-state index contributed by atoms with van der Waals surface area (Å²) in [6.07, 6.45) is 10.7. The van der Waals surface area contributed by atoms with Crippen molar-refractivity contribution < 1.29 is 24.2 Å². The minimum absolute atomic E-state index is 0.229. The molecule has 0 bridgehead atoms. The van der Waals surface area contributed by atoms with Gasteiger partial charge < -0.3 is 14.6 Å². The quantitative estimate of drug-likeness (QED) is 0.653. The minimum Gasteiger partial charge on any atom is -0.497 e. The van der Waals surface area contributed by atoms with E-state index in [1.54, 1.807) is 30.2 Å². The highest BCUT2D eigenvalue weighted by atomic mass is 16.6. The smallest absolute Gasteiger partial charge is 0.415 e. The summed E-state index contributed by atoms with van der Waals surface area (Å²) in [6.45, 7) is 2.87. The van der Waals surface area contributed by atoms with Crippen molar-refractivity contribution in [3.63, 3.8) is 0 Å². The van der Waals surface area contributed by atoms with E-state index in [4.69, 9.17) is 14.6 Å². The number of carbonyl (C=O) groups excluding carboxylic acids is 1. The monoisotopic (exact) mass is 490 g/mol. The number of aliphatic carboxylic acids is 1. The zero-order valence-electron chi connectivity index (χ0n) is 20.4. The van der Waals surface area contributed by atoms with Gasteiger partial charge in [-0.15, -0.1) is 0 Å². The van der Waals surface area contributed by atoms with Crippen LogP contribution in [-0.2, 0) is 16.1 Å². The number of benzene rings is 1. The number of methoxy groups -OCH3 is 1. The Balaban J connectivity index is 1.13. The molecule has 1 spiro atoms. The van der Waals surface area contributed by atoms with Crippen molar-refractivity contribution in [1.29, 1.82) is 0 Å². The van der Waals surface area contributed by atoms with E-state index in [9.17, 15) is 14.7 Å². The molecule has 3 fully saturated rings. The normalized spacial score (nSPS) is 21.9. The topological polar surface area (TPSA) is 97.1 Å². The van der Waals surface area contributed by atoms with Crippen LogP contribution in [0.25, 0.3) is 10.9 Å². The molecule has 188 valence electrons. The first kappa shape index (κ1) is 22.8. The molecule has 6 rings (SSSR count). The second-order valence-corrected chi connectivity index (χ2v) is 10.1. The van der Waals surface area contributed by atoms with Crippen molar-refractivity contribution in [3.05, 3.63) is 59.5 Å². The molecule has 0 unspecified atom stereocenters. The number of allylic oxidation sites excluding steroid dienone is 3. The maximum absolute atomic E-state index is 12.8. The predicted octanol–water partition coefficient (Wildman–Crippen LogP) is 4.02. The Kier molecular flexibility index (Phi) is 5.59. The van der Waals surface area contributed by atoms with Gasteiger partial charge in [0.1, 0.15) is 11.4 Å². The van der Waals surface area contributed by atoms with E-state index in [1.807, 2.05) is 12.1 Å². The van der Waals surface area contributed by atoms with Gasteiger partial charge in [-0.1, -0.05) is 12.2 Å². The lowest BCUT2D eigenvalue weighted by Crippen LogP contribution is -2.46. The zero-order valence-corrected chi connectivity index (χ0v) is 20.4. The average molecular weight is 491 g/mol. The van der Waals surface area contributed by atoms with Crippen LogP contribution in [0.5, 0.6) is 5.75 Å². The number of nitrogens with zero attached hydrogens (tertiary/aromatic N) is 4. The van der Waals surface area contributed by atoms with E-state index in [-0.39, 0.29) is 11.7 Å². The van der Waals surface area contributed by atoms with Crippen LogP contribution in [0, 0.1) is 0 Å². The number of hydrogen-bond donors (Lipinski definition) is 1. The number of aromatic nitrogens is 2. The molecule has 2 aromatic rings. The summed E-state index contributed by atoms with van der Waals surface area (Å²) in [5, 5.41) is 15.4. The molecule has 1 N–H and O–H groups in total. The number of amides is 1. The number of carboxylic acid groups (broad SMARTS) is 1. The van der Waals surface area contributed by atoms with Crippen LogP contribution in [0.1, 0.15) is 43.8 Å². The van der Waals surface area contributed by atoms with Crippen molar-refractivity contribution in [1.82, 2.24) is 19.6 Å². The Morgan fingerprint density at radius 1 is 1.22 bits per heavy atom. The van der Waals surface area contributed by atoms with Gasteiger partial charge in [-0.3, -0.25) is 14.5 Å². The van der Waals surface area contributed by atoms with Crippen LogP contribution < -0.4 is 4.74 Å². The fourth-order valence-electron chi connectivity index (χ4n) is 5.41. The highest BCUT2D eigenvalue weighted by Gasteiger charge is 2.47. The molecule has 36 heavy (non-hydrogen) atoms. The van der Waals surface area contributed by atoms with Crippen LogP contribution in [-0.4, -0.2) is 69.1 Å². The van der Waals surface area contributed by atoms with Gasteiger partial charge in [0.25, 0.3) is 0 Å². The van der Waals surface area contributed by atoms with E-state index in [2.05, 4.69) is 21.7 Å². The largest absolute Gasteiger partial charge is 0.497 e. The van der Waals surface area contributed by atoms with Gasteiger partial charge in [-0.05, 0) is 43.5 Å². The van der Waals surface area contributed by atoms with Crippen molar-refractivity contribution in [2.45, 2.75) is 50.3 Å². The lowest BCUT2D eigenvalue weighted by Gasteiger charge is -2.37. The van der Waals surface area contributed by atoms with Crippen LogP contribution in [0.3, 0.4) is 0 Å². The fraction of sp³-hybridized carbons (Fsp3) is 0.444. The maximum Gasteiger partial charge on any atom is 0.415 e. The third kappa shape index (κ3) is 4.17. The minimum atomic E-state index is -0.970. The summed E-state index contributed by atoms with van der Waals surface area (Å²) in [5.74, 6) is -0.125. The van der Waals surface area contributed by atoms with Crippen LogP contribution in [0.4, 0.5) is 4.79 Å². The first-order chi connectivity index (χ1) is 17.4. The Morgan fingerprint density at radius 3 is 2.75 bits per heavy atom. The van der Waals surface area contributed by atoms with Crippen molar-refractivity contribution in [2.75, 3.05) is 26.7 Å². The Morgan fingerprint density at radius 2 is 2.03 bits per heavy atom. The van der Waals surface area contributed by atoms with Crippen molar-refractivity contribution >= 4 is 23.0 Å². The number of ether oxygens (including phenoxy) is 2. The second-order valence-electron chi connectivity index (χ2n) is 10.1. The molecule has 1 amide bonds. The number of likely N-dealkylation sites (tertiary alicyclic amines) is 1. The summed E-state index contributed by atoms with van der Waals surface area (Å²) in [6, 6.07) is 6.66. The summed E-state index contributed by atoms with van der Waals surface area (Å²) in [5.41, 5.74) is 2.62. The lowest BCUT2D eigenvalue weighted by molar-refractivity contribution is -0.132. The van der Waals surface area contributed by atoms with Gasteiger partial charge in [0, 0.05) is 49.6 Å². The molecular formula is C27H30N4O5. The summed E-state index contributed by atoms with van der Waals surface area (Å²) in [4.78, 5) is 28.1. The fourth-order valence-corrected chi connectivity index (χ4v) is 5.41. The summed E-state index contributed by atoms with van der Waals surface area (Å²) >= 11 is 0. The number of carboxylic acids is 1. The molecule has 3 heterocycles. The molecule has 2 saturated heterocycles. The predicted molar refractivity (Wildman–Crippen MR) is 133 cm³/mol. The number of piperidine rings is 1. The first-order valence-electron chi connectivity index (χ1n) is 12.5. The molecule has 0 atom stereocenters.